The molecular formula is C58H44N2O2. The molecule has 1 aliphatic heterocycles. The van der Waals surface area contributed by atoms with Crippen molar-refractivity contribution in [2.24, 2.45) is 4.99 Å². The number of fused-ring (bicyclic) bond motifs is 12. The van der Waals surface area contributed by atoms with Crippen LogP contribution < -0.4 is 4.90 Å². The van der Waals surface area contributed by atoms with Crippen molar-refractivity contribution in [2.45, 2.75) is 44.6 Å². The molecule has 12 rings (SSSR count). The van der Waals surface area contributed by atoms with Gasteiger partial charge < -0.3 is 13.7 Å². The van der Waals surface area contributed by atoms with Crippen LogP contribution in [0.1, 0.15) is 71.5 Å². The summed E-state index contributed by atoms with van der Waals surface area (Å²) in [5.41, 5.74) is 15.2. The Labute approximate surface area is 360 Å². The van der Waals surface area contributed by atoms with E-state index in [0.717, 1.165) is 97.8 Å². The fraction of sp³-hybridized carbons (Fsp3) is 0.121. The first-order chi connectivity index (χ1) is 30.7. The molecule has 0 radical (unpaired) electrons. The van der Waals surface area contributed by atoms with Crippen LogP contribution in [0.3, 0.4) is 0 Å². The highest BCUT2D eigenvalue weighted by Crippen LogP contribution is 2.58. The highest BCUT2D eigenvalue weighted by Gasteiger charge is 2.43. The topological polar surface area (TPSA) is 41.9 Å². The number of allylic oxidation sites excluding steroid dienone is 1. The largest absolute Gasteiger partial charge is 0.456 e. The van der Waals surface area contributed by atoms with Crippen molar-refractivity contribution in [1.82, 2.24) is 0 Å². The van der Waals surface area contributed by atoms with E-state index in [2.05, 4.69) is 188 Å². The summed E-state index contributed by atoms with van der Waals surface area (Å²) in [5, 5.41) is 6.93. The molecule has 0 saturated carbocycles. The molecule has 2 aromatic heterocycles. The number of benzene rings is 8. The number of rotatable bonds is 9. The van der Waals surface area contributed by atoms with Crippen LogP contribution in [-0.4, -0.2) is 5.71 Å². The van der Waals surface area contributed by atoms with E-state index in [-0.39, 0.29) is 12.0 Å². The molecule has 3 heterocycles. The zero-order valence-electron chi connectivity index (χ0n) is 34.6. The first kappa shape index (κ1) is 36.4. The molecule has 2 unspecified atom stereocenters. The molecule has 2 atom stereocenters. The second-order valence-electron chi connectivity index (χ2n) is 16.8. The summed E-state index contributed by atoms with van der Waals surface area (Å²) in [5.74, 6) is 0.188. The van der Waals surface area contributed by atoms with Gasteiger partial charge in [-0.05, 0) is 94.8 Å². The number of nitrogens with zero attached hydrogens (tertiary/aromatic N) is 2. The molecule has 298 valence electrons. The van der Waals surface area contributed by atoms with Gasteiger partial charge in [-0.3, -0.25) is 4.99 Å². The van der Waals surface area contributed by atoms with Gasteiger partial charge in [0, 0.05) is 50.0 Å². The second kappa shape index (κ2) is 14.9. The van der Waals surface area contributed by atoms with E-state index >= 15 is 0 Å². The van der Waals surface area contributed by atoms with Gasteiger partial charge >= 0.3 is 0 Å². The first-order valence-electron chi connectivity index (χ1n) is 22.0. The maximum Gasteiger partial charge on any atom is 0.159 e. The maximum absolute atomic E-state index is 7.07. The van der Waals surface area contributed by atoms with Gasteiger partial charge in [-0.15, -0.1) is 0 Å². The zero-order chi connectivity index (χ0) is 41.1. The van der Waals surface area contributed by atoms with E-state index < -0.39 is 0 Å². The highest BCUT2D eigenvalue weighted by molar-refractivity contribution is 6.22. The molecule has 0 fully saturated rings. The van der Waals surface area contributed by atoms with Gasteiger partial charge in [-0.1, -0.05) is 159 Å². The Balaban J connectivity index is 1.06. The molecule has 0 amide bonds. The molecule has 62 heavy (non-hydrogen) atoms. The van der Waals surface area contributed by atoms with Crippen molar-refractivity contribution in [2.75, 3.05) is 4.90 Å². The number of aryl methyl sites for hydroxylation is 1. The molecule has 4 heteroatoms. The number of aliphatic imine (C=N–C) groups is 1. The van der Waals surface area contributed by atoms with E-state index in [4.69, 9.17) is 13.8 Å². The van der Waals surface area contributed by atoms with Gasteiger partial charge in [0.25, 0.3) is 0 Å². The average Bonchev–Trinajstić information content (AvgIpc) is 4.00. The predicted octanol–water partition coefficient (Wildman–Crippen LogP) is 15.9. The van der Waals surface area contributed by atoms with Crippen LogP contribution in [0.15, 0.2) is 196 Å². The monoisotopic (exact) mass is 800 g/mol. The molecule has 0 saturated heterocycles. The molecule has 4 nitrogen and oxygen atoms in total. The summed E-state index contributed by atoms with van der Waals surface area (Å²) >= 11 is 0. The van der Waals surface area contributed by atoms with Crippen molar-refractivity contribution in [1.29, 1.82) is 0 Å². The Morgan fingerprint density at radius 1 is 0.629 bits per heavy atom. The van der Waals surface area contributed by atoms with Gasteiger partial charge in [0.15, 0.2) is 5.58 Å². The average molecular weight is 801 g/mol. The second-order valence-corrected chi connectivity index (χ2v) is 16.8. The summed E-state index contributed by atoms with van der Waals surface area (Å²) in [6, 6.07) is 61.1. The fourth-order valence-electron chi connectivity index (χ4n) is 10.2. The van der Waals surface area contributed by atoms with E-state index in [0.29, 0.717) is 0 Å². The number of furan rings is 2. The van der Waals surface area contributed by atoms with Crippen LogP contribution in [0.4, 0.5) is 11.4 Å². The van der Waals surface area contributed by atoms with Crippen LogP contribution in [0.5, 0.6) is 0 Å². The number of hydrogen-bond donors (Lipinski definition) is 0. The highest BCUT2D eigenvalue weighted by atomic mass is 16.3. The van der Waals surface area contributed by atoms with Gasteiger partial charge in [0.1, 0.15) is 16.7 Å². The third kappa shape index (κ3) is 6.01. The lowest BCUT2D eigenvalue weighted by atomic mass is 9.82. The van der Waals surface area contributed by atoms with Gasteiger partial charge in [-0.2, -0.15) is 0 Å². The molecule has 0 bridgehead atoms. The molecule has 10 aromatic rings. The van der Waals surface area contributed by atoms with E-state index in [1.54, 1.807) is 0 Å². The van der Waals surface area contributed by atoms with Crippen molar-refractivity contribution < 1.29 is 8.83 Å². The fourth-order valence-corrected chi connectivity index (χ4v) is 10.2. The number of para-hydroxylation sites is 2. The minimum absolute atomic E-state index is 0.0707. The van der Waals surface area contributed by atoms with Gasteiger partial charge in [0.05, 0.1) is 17.4 Å². The lowest BCUT2D eigenvalue weighted by Crippen LogP contribution is -2.24. The summed E-state index contributed by atoms with van der Waals surface area (Å²) in [6.07, 6.45) is 10.5. The van der Waals surface area contributed by atoms with Crippen LogP contribution >= 0.6 is 0 Å². The lowest BCUT2D eigenvalue weighted by Gasteiger charge is -2.33. The van der Waals surface area contributed by atoms with E-state index in [1.807, 2.05) is 12.1 Å². The molecular weight excluding hydrogens is 757 g/mol. The maximum atomic E-state index is 7.07. The molecule has 8 aromatic carbocycles. The Morgan fingerprint density at radius 2 is 1.35 bits per heavy atom. The molecule has 0 spiro atoms. The van der Waals surface area contributed by atoms with Crippen LogP contribution in [0.25, 0.3) is 66.4 Å². The quantitative estimate of drug-likeness (QED) is 0.137. The van der Waals surface area contributed by atoms with Gasteiger partial charge in [0.2, 0.25) is 0 Å². The minimum Gasteiger partial charge on any atom is -0.456 e. The van der Waals surface area contributed by atoms with Crippen molar-refractivity contribution >= 4 is 83.5 Å². The Bertz CT molecular complexity index is 3460. The Hall–Kier alpha value is -7.43. The third-order valence-electron chi connectivity index (χ3n) is 13.0. The molecule has 1 aliphatic carbocycles. The van der Waals surface area contributed by atoms with E-state index in [9.17, 15) is 0 Å². The molecule has 2 aliphatic rings. The third-order valence-corrected chi connectivity index (χ3v) is 13.0. The zero-order valence-corrected chi connectivity index (χ0v) is 34.6. The summed E-state index contributed by atoms with van der Waals surface area (Å²) in [4.78, 5) is 8.27. The Morgan fingerprint density at radius 3 is 2.21 bits per heavy atom. The van der Waals surface area contributed by atoms with Crippen molar-refractivity contribution in [3.05, 3.63) is 215 Å². The predicted molar refractivity (Wildman–Crippen MR) is 259 cm³/mol. The summed E-state index contributed by atoms with van der Waals surface area (Å²) in [7, 11) is 0. The smallest absolute Gasteiger partial charge is 0.159 e. The van der Waals surface area contributed by atoms with Crippen LogP contribution in [0.2, 0.25) is 0 Å². The molecule has 0 N–H and O–H groups in total. The first-order valence-corrected chi connectivity index (χ1v) is 22.0. The van der Waals surface area contributed by atoms with Crippen molar-refractivity contribution in [3.8, 4) is 0 Å². The summed E-state index contributed by atoms with van der Waals surface area (Å²) < 4.78 is 13.5. The van der Waals surface area contributed by atoms with Crippen LogP contribution in [0, 0.1) is 0 Å². The summed E-state index contributed by atoms with van der Waals surface area (Å²) in [6.45, 7) is 2.24. The SMILES string of the molecule is CCC/C(=N\C(=C\CCc1ccccc1)c1ccc2c(c1)oc1ccccc12)c1ccc(N2c3cc4ccccc4cc3C3C=Cc4ccccc4C32)c2oc3ccccc3c12. The lowest BCUT2D eigenvalue weighted by molar-refractivity contribution is 0.647. The van der Waals surface area contributed by atoms with Gasteiger partial charge in [-0.25, -0.2) is 0 Å². The van der Waals surface area contributed by atoms with Crippen LogP contribution in [-0.2, 0) is 6.42 Å². The normalized spacial score (nSPS) is 16.2. The Kier molecular flexibility index (Phi) is 8.77. The standard InChI is InChI=1S/C58H44N2O2/c1-2-15-50(59-49(25-14-18-37-16-4-3-5-17-37)41-29-30-44-43-23-10-12-26-53(43)61-55(44)36-41)46-32-33-51(58-56(46)47-24-11-13-27-54(47)62-58)60-52-35-40-21-7-6-20-39(40)34-48(52)45-31-28-38-19-8-9-22-42(38)57(45)60/h3-13,16-17,19-36,45,57H,2,14-15,18H2,1H3/b49-25+,59-50+. The number of anilines is 2. The number of hydrogen-bond acceptors (Lipinski definition) is 4. The minimum atomic E-state index is 0.0707. The van der Waals surface area contributed by atoms with E-state index in [1.165, 1.54) is 38.7 Å². The van der Waals surface area contributed by atoms with Crippen molar-refractivity contribution in [3.63, 3.8) is 0 Å².